The summed E-state index contributed by atoms with van der Waals surface area (Å²) in [6.07, 6.45) is 1.61. The van der Waals surface area contributed by atoms with Gasteiger partial charge in [0.15, 0.2) is 0 Å². The van der Waals surface area contributed by atoms with E-state index in [0.29, 0.717) is 13.2 Å². The first-order valence-corrected chi connectivity index (χ1v) is 6.79. The molecule has 0 radical (unpaired) electrons. The van der Waals surface area contributed by atoms with Gasteiger partial charge in [-0.3, -0.25) is 0 Å². The number of halogens is 1. The molecule has 0 spiro atoms. The Kier molecular flexibility index (Phi) is 7.24. The number of nitrogens with one attached hydrogen (secondary N) is 1. The summed E-state index contributed by atoms with van der Waals surface area (Å²) in [5, 5.41) is 12.7. The van der Waals surface area contributed by atoms with Crippen molar-refractivity contribution in [3.8, 4) is 5.75 Å². The van der Waals surface area contributed by atoms with Crippen LogP contribution in [-0.4, -0.2) is 30.9 Å². The van der Waals surface area contributed by atoms with Gasteiger partial charge in [0.2, 0.25) is 0 Å². The molecule has 0 amide bonds. The maximum absolute atomic E-state index is 9.49. The maximum atomic E-state index is 9.49. The second kappa shape index (κ2) is 8.50. The summed E-state index contributed by atoms with van der Waals surface area (Å²) in [7, 11) is 0. The number of hydrogen-bond acceptors (Lipinski definition) is 3. The largest absolute Gasteiger partial charge is 0.492 e. The summed E-state index contributed by atoms with van der Waals surface area (Å²) in [4.78, 5) is 0. The third-order valence-corrected chi connectivity index (χ3v) is 2.84. The molecule has 1 atom stereocenters. The quantitative estimate of drug-likeness (QED) is 0.725. The molecule has 17 heavy (non-hydrogen) atoms. The highest BCUT2D eigenvalue weighted by molar-refractivity contribution is 9.10. The first kappa shape index (κ1) is 14.5. The van der Waals surface area contributed by atoms with Gasteiger partial charge in [-0.2, -0.15) is 0 Å². The molecular weight excluding hydrogens is 282 g/mol. The third-order valence-electron chi connectivity index (χ3n) is 2.35. The number of aliphatic hydroxyl groups excluding tert-OH is 1. The van der Waals surface area contributed by atoms with Crippen molar-refractivity contribution in [3.63, 3.8) is 0 Å². The molecule has 0 aliphatic rings. The summed E-state index contributed by atoms with van der Waals surface area (Å²) in [5.41, 5.74) is 0. The van der Waals surface area contributed by atoms with Gasteiger partial charge in [0.25, 0.3) is 0 Å². The molecule has 0 aromatic heterocycles. The van der Waals surface area contributed by atoms with Crippen LogP contribution < -0.4 is 10.1 Å². The molecular formula is C13H20BrNO2. The minimum Gasteiger partial charge on any atom is -0.492 e. The van der Waals surface area contributed by atoms with Crippen molar-refractivity contribution in [2.45, 2.75) is 25.9 Å². The van der Waals surface area contributed by atoms with E-state index in [1.807, 2.05) is 24.3 Å². The lowest BCUT2D eigenvalue weighted by Crippen LogP contribution is -2.29. The highest BCUT2D eigenvalue weighted by atomic mass is 79.9. The van der Waals surface area contributed by atoms with Gasteiger partial charge in [0, 0.05) is 17.6 Å². The zero-order valence-electron chi connectivity index (χ0n) is 10.2. The van der Waals surface area contributed by atoms with Crippen molar-refractivity contribution in [2.75, 3.05) is 19.7 Å². The van der Waals surface area contributed by atoms with Crippen LogP contribution in [0.25, 0.3) is 0 Å². The topological polar surface area (TPSA) is 41.5 Å². The van der Waals surface area contributed by atoms with E-state index in [2.05, 4.69) is 28.2 Å². The van der Waals surface area contributed by atoms with Crippen LogP contribution in [0.2, 0.25) is 0 Å². The zero-order valence-corrected chi connectivity index (χ0v) is 11.7. The summed E-state index contributed by atoms with van der Waals surface area (Å²) in [6.45, 7) is 4.05. The Bertz CT molecular complexity index is 320. The van der Waals surface area contributed by atoms with Crippen molar-refractivity contribution in [3.05, 3.63) is 28.7 Å². The number of ether oxygens (including phenoxy) is 1. The molecule has 0 bridgehead atoms. The summed E-state index contributed by atoms with van der Waals surface area (Å²) < 4.78 is 6.57. The molecule has 96 valence electrons. The third kappa shape index (κ3) is 6.66. The van der Waals surface area contributed by atoms with E-state index in [4.69, 9.17) is 4.74 Å². The molecule has 0 aliphatic heterocycles. The zero-order chi connectivity index (χ0) is 12.5. The van der Waals surface area contributed by atoms with Crippen molar-refractivity contribution in [1.82, 2.24) is 5.32 Å². The average Bonchev–Trinajstić information content (AvgIpc) is 2.29. The monoisotopic (exact) mass is 301 g/mol. The molecule has 0 saturated carbocycles. The van der Waals surface area contributed by atoms with E-state index in [9.17, 15) is 5.11 Å². The predicted molar refractivity (Wildman–Crippen MR) is 73.4 cm³/mol. The van der Waals surface area contributed by atoms with Gasteiger partial charge in [-0.05, 0) is 24.6 Å². The van der Waals surface area contributed by atoms with E-state index in [-0.39, 0.29) is 6.10 Å². The molecule has 0 heterocycles. The van der Waals surface area contributed by atoms with Crippen LogP contribution >= 0.6 is 15.9 Å². The van der Waals surface area contributed by atoms with Gasteiger partial charge >= 0.3 is 0 Å². The molecule has 1 aromatic rings. The van der Waals surface area contributed by atoms with Crippen LogP contribution in [0.3, 0.4) is 0 Å². The van der Waals surface area contributed by atoms with Gasteiger partial charge < -0.3 is 15.2 Å². The number of rotatable bonds is 8. The molecule has 0 fully saturated rings. The first-order valence-electron chi connectivity index (χ1n) is 5.99. The van der Waals surface area contributed by atoms with Crippen LogP contribution in [0.4, 0.5) is 0 Å². The van der Waals surface area contributed by atoms with E-state index >= 15 is 0 Å². The highest BCUT2D eigenvalue weighted by Crippen LogP contribution is 2.17. The molecule has 0 aliphatic carbocycles. The SMILES string of the molecule is CCCC(O)CNCCOc1cccc(Br)c1. The maximum Gasteiger partial charge on any atom is 0.120 e. The molecule has 3 nitrogen and oxygen atoms in total. The lowest BCUT2D eigenvalue weighted by molar-refractivity contribution is 0.158. The lowest BCUT2D eigenvalue weighted by Gasteiger charge is -2.11. The van der Waals surface area contributed by atoms with Gasteiger partial charge in [0.1, 0.15) is 12.4 Å². The molecule has 4 heteroatoms. The molecule has 1 aromatic carbocycles. The smallest absolute Gasteiger partial charge is 0.120 e. The van der Waals surface area contributed by atoms with Crippen molar-refractivity contribution < 1.29 is 9.84 Å². The molecule has 1 rings (SSSR count). The fraction of sp³-hybridized carbons (Fsp3) is 0.538. The van der Waals surface area contributed by atoms with Crippen molar-refractivity contribution in [2.24, 2.45) is 0 Å². The van der Waals surface area contributed by atoms with E-state index in [0.717, 1.165) is 29.6 Å². The number of hydrogen-bond donors (Lipinski definition) is 2. The minimum atomic E-state index is -0.245. The minimum absolute atomic E-state index is 0.245. The molecule has 0 saturated heterocycles. The normalized spacial score (nSPS) is 12.4. The van der Waals surface area contributed by atoms with Gasteiger partial charge in [-0.25, -0.2) is 0 Å². The second-order valence-corrected chi connectivity index (χ2v) is 4.87. The number of aliphatic hydroxyl groups is 1. The highest BCUT2D eigenvalue weighted by Gasteiger charge is 2.01. The Morgan fingerprint density at radius 3 is 3.00 bits per heavy atom. The van der Waals surface area contributed by atoms with E-state index in [1.165, 1.54) is 0 Å². The van der Waals surface area contributed by atoms with E-state index < -0.39 is 0 Å². The van der Waals surface area contributed by atoms with Gasteiger partial charge in [-0.1, -0.05) is 35.3 Å². The fourth-order valence-corrected chi connectivity index (χ4v) is 1.88. The van der Waals surface area contributed by atoms with Gasteiger partial charge in [-0.15, -0.1) is 0 Å². The van der Waals surface area contributed by atoms with Crippen LogP contribution in [0.15, 0.2) is 28.7 Å². The average molecular weight is 302 g/mol. The molecule has 2 N–H and O–H groups in total. The Morgan fingerprint density at radius 2 is 2.29 bits per heavy atom. The van der Waals surface area contributed by atoms with Crippen molar-refractivity contribution in [1.29, 1.82) is 0 Å². The summed E-state index contributed by atoms with van der Waals surface area (Å²) >= 11 is 3.39. The number of benzene rings is 1. The second-order valence-electron chi connectivity index (χ2n) is 3.95. The van der Waals surface area contributed by atoms with Crippen molar-refractivity contribution >= 4 is 15.9 Å². The Morgan fingerprint density at radius 1 is 1.47 bits per heavy atom. The van der Waals surface area contributed by atoms with Crippen LogP contribution in [0.1, 0.15) is 19.8 Å². The Labute approximate surface area is 111 Å². The molecule has 1 unspecified atom stereocenters. The standard InChI is InChI=1S/C13H20BrNO2/c1-2-4-12(16)10-15-7-8-17-13-6-3-5-11(14)9-13/h3,5-6,9,12,15-16H,2,4,7-8,10H2,1H3. The Balaban J connectivity index is 2.08. The van der Waals surface area contributed by atoms with Crippen LogP contribution in [0, 0.1) is 0 Å². The summed E-state index contributed by atoms with van der Waals surface area (Å²) in [5.74, 6) is 0.857. The Hall–Kier alpha value is -0.580. The van der Waals surface area contributed by atoms with Crippen LogP contribution in [-0.2, 0) is 0 Å². The first-order chi connectivity index (χ1) is 8.22. The fourth-order valence-electron chi connectivity index (χ4n) is 1.50. The van der Waals surface area contributed by atoms with Crippen LogP contribution in [0.5, 0.6) is 5.75 Å². The summed E-state index contributed by atoms with van der Waals surface area (Å²) in [6, 6.07) is 7.77. The van der Waals surface area contributed by atoms with Gasteiger partial charge in [0.05, 0.1) is 6.10 Å². The predicted octanol–water partition coefficient (Wildman–Crippen LogP) is 2.58. The van der Waals surface area contributed by atoms with E-state index in [1.54, 1.807) is 0 Å². The lowest BCUT2D eigenvalue weighted by atomic mass is 10.2.